The zero-order chi connectivity index (χ0) is 19.8. The summed E-state index contributed by atoms with van der Waals surface area (Å²) < 4.78 is 0. The number of aromatic nitrogens is 3. The minimum Gasteiger partial charge on any atom is -0.354 e. The lowest BCUT2D eigenvalue weighted by atomic mass is 9.92. The van der Waals surface area contributed by atoms with E-state index in [2.05, 4.69) is 20.6 Å². The molecule has 0 spiro atoms. The van der Waals surface area contributed by atoms with Crippen LogP contribution in [0.4, 0.5) is 0 Å². The highest BCUT2D eigenvalue weighted by atomic mass is 35.5. The third-order valence-electron chi connectivity index (χ3n) is 4.75. The van der Waals surface area contributed by atoms with Gasteiger partial charge in [-0.05, 0) is 37.6 Å². The number of aryl methyl sites for hydroxylation is 2. The highest BCUT2D eigenvalue weighted by Gasteiger charge is 2.25. The van der Waals surface area contributed by atoms with Gasteiger partial charge >= 0.3 is 0 Å². The lowest BCUT2D eigenvalue weighted by molar-refractivity contribution is 0.0953. The molecule has 0 fully saturated rings. The smallest absolute Gasteiger partial charge is 0.267 e. The number of carbonyl (C=O) groups is 1. The van der Waals surface area contributed by atoms with Gasteiger partial charge in [-0.3, -0.25) is 10.2 Å². The Bertz CT molecular complexity index is 1200. The maximum Gasteiger partial charge on any atom is 0.267 e. The van der Waals surface area contributed by atoms with E-state index in [1.807, 2.05) is 55.5 Å². The fraction of sp³-hybridized carbons (Fsp3) is 0.0952. The number of rotatable bonds is 3. The standard InChI is InChI=1S/C21H18ClN5O/c1-11-17(18(21(28)25-23)12(2)27-26-11)19-15-10-14(22)8-9-16(15)24-20(19)13-6-4-3-5-7-13/h3-10,24H,23H2,1-2H3,(H,25,28). The van der Waals surface area contributed by atoms with Crippen LogP contribution in [0.25, 0.3) is 33.3 Å². The van der Waals surface area contributed by atoms with Crippen LogP contribution in [-0.2, 0) is 0 Å². The molecule has 28 heavy (non-hydrogen) atoms. The Balaban J connectivity index is 2.17. The maximum absolute atomic E-state index is 12.6. The molecule has 0 bridgehead atoms. The van der Waals surface area contributed by atoms with E-state index in [9.17, 15) is 4.79 Å². The molecule has 0 saturated carbocycles. The van der Waals surface area contributed by atoms with Gasteiger partial charge < -0.3 is 4.98 Å². The van der Waals surface area contributed by atoms with E-state index in [-0.39, 0.29) is 0 Å². The Morgan fingerprint density at radius 3 is 2.46 bits per heavy atom. The van der Waals surface area contributed by atoms with Crippen LogP contribution in [0.1, 0.15) is 21.7 Å². The minimum absolute atomic E-state index is 0.396. The van der Waals surface area contributed by atoms with E-state index in [1.54, 1.807) is 6.92 Å². The molecule has 0 aliphatic heterocycles. The lowest BCUT2D eigenvalue weighted by Gasteiger charge is -2.14. The molecule has 0 unspecified atom stereocenters. The van der Waals surface area contributed by atoms with Crippen LogP contribution >= 0.6 is 11.6 Å². The van der Waals surface area contributed by atoms with Gasteiger partial charge in [0.2, 0.25) is 0 Å². The molecule has 0 aliphatic carbocycles. The summed E-state index contributed by atoms with van der Waals surface area (Å²) in [7, 11) is 0. The Morgan fingerprint density at radius 1 is 1.04 bits per heavy atom. The number of hydrogen-bond donors (Lipinski definition) is 3. The number of aromatic amines is 1. The fourth-order valence-electron chi connectivity index (χ4n) is 3.51. The van der Waals surface area contributed by atoms with Gasteiger partial charge in [0.25, 0.3) is 5.91 Å². The Kier molecular flexibility index (Phi) is 4.58. The fourth-order valence-corrected chi connectivity index (χ4v) is 3.68. The topological polar surface area (TPSA) is 96.7 Å². The number of amides is 1. The van der Waals surface area contributed by atoms with Gasteiger partial charge in [0.1, 0.15) is 0 Å². The number of nitrogens with two attached hydrogens (primary N) is 1. The van der Waals surface area contributed by atoms with E-state index in [1.165, 1.54) is 0 Å². The third-order valence-corrected chi connectivity index (χ3v) is 4.99. The summed E-state index contributed by atoms with van der Waals surface area (Å²) in [5.41, 5.74) is 8.05. The molecule has 0 atom stereocenters. The number of H-pyrrole nitrogens is 1. The Labute approximate surface area is 166 Å². The third kappa shape index (κ3) is 2.93. The number of benzene rings is 2. The average Bonchev–Trinajstić information content (AvgIpc) is 3.07. The summed E-state index contributed by atoms with van der Waals surface area (Å²) in [5.74, 6) is 5.04. The first-order valence-electron chi connectivity index (χ1n) is 8.73. The van der Waals surface area contributed by atoms with E-state index in [0.29, 0.717) is 27.5 Å². The van der Waals surface area contributed by atoms with Gasteiger partial charge in [0, 0.05) is 27.1 Å². The average molecular weight is 392 g/mol. The Morgan fingerprint density at radius 2 is 1.75 bits per heavy atom. The molecule has 7 heteroatoms. The van der Waals surface area contributed by atoms with E-state index in [0.717, 1.165) is 27.7 Å². The predicted octanol–water partition coefficient (Wildman–Crippen LogP) is 4.17. The van der Waals surface area contributed by atoms with Crippen LogP contribution in [-0.4, -0.2) is 21.1 Å². The van der Waals surface area contributed by atoms with Crippen LogP contribution in [0.5, 0.6) is 0 Å². The number of carbonyl (C=O) groups excluding carboxylic acids is 1. The van der Waals surface area contributed by atoms with Crippen LogP contribution in [0.3, 0.4) is 0 Å². The van der Waals surface area contributed by atoms with Gasteiger partial charge in [-0.15, -0.1) is 0 Å². The van der Waals surface area contributed by atoms with Crippen LogP contribution in [0.2, 0.25) is 5.02 Å². The van der Waals surface area contributed by atoms with E-state index >= 15 is 0 Å². The molecule has 1 amide bonds. The summed E-state index contributed by atoms with van der Waals surface area (Å²) in [5, 5.41) is 9.88. The second-order valence-electron chi connectivity index (χ2n) is 6.53. The predicted molar refractivity (Wildman–Crippen MR) is 111 cm³/mol. The van der Waals surface area contributed by atoms with Crippen molar-refractivity contribution in [2.45, 2.75) is 13.8 Å². The number of hydrazine groups is 1. The van der Waals surface area contributed by atoms with Crippen molar-refractivity contribution < 1.29 is 4.79 Å². The second kappa shape index (κ2) is 7.07. The largest absolute Gasteiger partial charge is 0.354 e. The van der Waals surface area contributed by atoms with Gasteiger partial charge in [0.15, 0.2) is 0 Å². The molecule has 0 saturated heterocycles. The molecule has 4 rings (SSSR count). The highest BCUT2D eigenvalue weighted by molar-refractivity contribution is 6.31. The minimum atomic E-state index is -0.416. The first-order valence-corrected chi connectivity index (χ1v) is 9.11. The molecule has 0 radical (unpaired) electrons. The molecule has 6 nitrogen and oxygen atoms in total. The molecular weight excluding hydrogens is 374 g/mol. The lowest BCUT2D eigenvalue weighted by Crippen LogP contribution is -2.31. The molecule has 0 aliphatic rings. The summed E-state index contributed by atoms with van der Waals surface area (Å²) in [6.07, 6.45) is 0. The SMILES string of the molecule is Cc1nnc(C)c(-c2c(-c3ccccc3)[nH]c3ccc(Cl)cc23)c1C(=O)NN. The summed E-state index contributed by atoms with van der Waals surface area (Å²) in [6, 6.07) is 15.5. The summed E-state index contributed by atoms with van der Waals surface area (Å²) >= 11 is 6.29. The quantitative estimate of drug-likeness (QED) is 0.277. The number of halogens is 1. The summed E-state index contributed by atoms with van der Waals surface area (Å²) in [4.78, 5) is 16.1. The molecular formula is C21H18ClN5O. The van der Waals surface area contributed by atoms with Crippen LogP contribution in [0.15, 0.2) is 48.5 Å². The molecule has 2 aromatic heterocycles. The van der Waals surface area contributed by atoms with Crippen molar-refractivity contribution in [1.29, 1.82) is 0 Å². The zero-order valence-electron chi connectivity index (χ0n) is 15.4. The number of fused-ring (bicyclic) bond motifs is 1. The van der Waals surface area contributed by atoms with Crippen molar-refractivity contribution in [1.82, 2.24) is 20.6 Å². The summed E-state index contributed by atoms with van der Waals surface area (Å²) in [6.45, 7) is 3.57. The van der Waals surface area contributed by atoms with Crippen LogP contribution < -0.4 is 11.3 Å². The molecule has 2 aromatic carbocycles. The number of nitrogens with zero attached hydrogens (tertiary/aromatic N) is 2. The first kappa shape index (κ1) is 18.2. The van der Waals surface area contributed by atoms with Crippen molar-refractivity contribution in [2.24, 2.45) is 5.84 Å². The Hall–Kier alpha value is -3.22. The maximum atomic E-state index is 12.6. The van der Waals surface area contributed by atoms with Crippen molar-refractivity contribution >= 4 is 28.4 Å². The van der Waals surface area contributed by atoms with Crippen LogP contribution in [0, 0.1) is 13.8 Å². The van der Waals surface area contributed by atoms with Crippen molar-refractivity contribution in [3.63, 3.8) is 0 Å². The van der Waals surface area contributed by atoms with Gasteiger partial charge in [-0.1, -0.05) is 41.9 Å². The monoisotopic (exact) mass is 391 g/mol. The van der Waals surface area contributed by atoms with E-state index < -0.39 is 5.91 Å². The number of nitrogens with one attached hydrogen (secondary N) is 2. The van der Waals surface area contributed by atoms with Gasteiger partial charge in [-0.25, -0.2) is 5.84 Å². The van der Waals surface area contributed by atoms with Crippen molar-refractivity contribution in [2.75, 3.05) is 0 Å². The van der Waals surface area contributed by atoms with Crippen molar-refractivity contribution in [3.05, 3.63) is 70.5 Å². The van der Waals surface area contributed by atoms with E-state index in [4.69, 9.17) is 17.4 Å². The zero-order valence-corrected chi connectivity index (χ0v) is 16.1. The number of nitrogen functional groups attached to an aromatic ring is 1. The number of hydrogen-bond acceptors (Lipinski definition) is 4. The highest BCUT2D eigenvalue weighted by Crippen LogP contribution is 2.42. The second-order valence-corrected chi connectivity index (χ2v) is 6.96. The normalized spacial score (nSPS) is 11.0. The molecule has 2 heterocycles. The molecule has 4 aromatic rings. The molecule has 4 N–H and O–H groups in total. The van der Waals surface area contributed by atoms with Gasteiger partial charge in [-0.2, -0.15) is 10.2 Å². The molecule has 140 valence electrons. The van der Waals surface area contributed by atoms with Gasteiger partial charge in [0.05, 0.1) is 22.6 Å². The first-order chi connectivity index (χ1) is 13.5. The van der Waals surface area contributed by atoms with Crippen molar-refractivity contribution in [3.8, 4) is 22.4 Å².